The minimum Gasteiger partial charge on any atom is -0.506 e. The van der Waals surface area contributed by atoms with Gasteiger partial charge in [-0.3, -0.25) is 10.1 Å². The van der Waals surface area contributed by atoms with Crippen molar-refractivity contribution in [3.05, 3.63) is 59.1 Å². The second-order valence-electron chi connectivity index (χ2n) is 3.94. The SMILES string of the molecule is O=C(NC(=S)Nc1cc(Cl)ccc1O)c1ccccc1. The highest BCUT2D eigenvalue weighted by molar-refractivity contribution is 7.80. The van der Waals surface area contributed by atoms with Gasteiger partial charge in [0, 0.05) is 10.6 Å². The largest absolute Gasteiger partial charge is 0.506 e. The monoisotopic (exact) mass is 306 g/mol. The van der Waals surface area contributed by atoms with Crippen LogP contribution in [0.1, 0.15) is 10.4 Å². The van der Waals surface area contributed by atoms with Gasteiger partial charge in [-0.1, -0.05) is 29.8 Å². The number of carbonyl (C=O) groups is 1. The molecule has 0 aliphatic heterocycles. The van der Waals surface area contributed by atoms with Crippen molar-refractivity contribution in [3.8, 4) is 5.75 Å². The fourth-order valence-electron chi connectivity index (χ4n) is 1.53. The van der Waals surface area contributed by atoms with Crippen LogP contribution in [0.3, 0.4) is 0 Å². The first-order valence-corrected chi connectivity index (χ1v) is 6.51. The van der Waals surface area contributed by atoms with Gasteiger partial charge in [0.2, 0.25) is 0 Å². The number of aromatic hydroxyl groups is 1. The van der Waals surface area contributed by atoms with Crippen molar-refractivity contribution in [3.63, 3.8) is 0 Å². The number of hydrogen-bond acceptors (Lipinski definition) is 3. The van der Waals surface area contributed by atoms with Crippen LogP contribution in [-0.2, 0) is 0 Å². The van der Waals surface area contributed by atoms with E-state index in [2.05, 4.69) is 10.6 Å². The number of nitrogens with one attached hydrogen (secondary N) is 2. The molecule has 0 saturated heterocycles. The van der Waals surface area contributed by atoms with Gasteiger partial charge >= 0.3 is 0 Å². The predicted octanol–water partition coefficient (Wildman–Crippen LogP) is 3.17. The molecule has 0 fully saturated rings. The highest BCUT2D eigenvalue weighted by Gasteiger charge is 2.09. The Kier molecular flexibility index (Phi) is 4.55. The lowest BCUT2D eigenvalue weighted by atomic mass is 10.2. The molecule has 2 rings (SSSR count). The van der Waals surface area contributed by atoms with Gasteiger partial charge in [0.1, 0.15) is 5.75 Å². The topological polar surface area (TPSA) is 61.4 Å². The Hall–Kier alpha value is -2.11. The second kappa shape index (κ2) is 6.36. The summed E-state index contributed by atoms with van der Waals surface area (Å²) in [5, 5.41) is 15.4. The fraction of sp³-hybridized carbons (Fsp3) is 0. The van der Waals surface area contributed by atoms with Gasteiger partial charge in [0.25, 0.3) is 5.91 Å². The zero-order valence-electron chi connectivity index (χ0n) is 10.3. The summed E-state index contributed by atoms with van der Waals surface area (Å²) in [5.41, 5.74) is 0.822. The van der Waals surface area contributed by atoms with Crippen molar-refractivity contribution in [1.29, 1.82) is 0 Å². The Morgan fingerprint density at radius 2 is 1.85 bits per heavy atom. The minimum atomic E-state index is -0.329. The van der Waals surface area contributed by atoms with Gasteiger partial charge in [-0.2, -0.15) is 0 Å². The molecule has 102 valence electrons. The van der Waals surface area contributed by atoms with Gasteiger partial charge in [-0.25, -0.2) is 0 Å². The first-order valence-electron chi connectivity index (χ1n) is 5.72. The number of thiocarbonyl (C=S) groups is 1. The van der Waals surface area contributed by atoms with Crippen LogP contribution < -0.4 is 10.6 Å². The normalized spacial score (nSPS) is 9.85. The average molecular weight is 307 g/mol. The smallest absolute Gasteiger partial charge is 0.257 e. The zero-order chi connectivity index (χ0) is 14.5. The van der Waals surface area contributed by atoms with Crippen LogP contribution in [0.25, 0.3) is 0 Å². The molecule has 4 nitrogen and oxygen atoms in total. The van der Waals surface area contributed by atoms with Crippen LogP contribution in [0, 0.1) is 0 Å². The van der Waals surface area contributed by atoms with E-state index < -0.39 is 0 Å². The number of rotatable bonds is 2. The standard InChI is InChI=1S/C14H11ClN2O2S/c15-10-6-7-12(18)11(8-10)16-14(20)17-13(19)9-4-2-1-3-5-9/h1-8,18H,(H2,16,17,19,20). The lowest BCUT2D eigenvalue weighted by Crippen LogP contribution is -2.34. The third-order valence-electron chi connectivity index (χ3n) is 2.47. The molecular weight excluding hydrogens is 296 g/mol. The Labute approximate surface area is 126 Å². The molecular formula is C14H11ClN2O2S. The Morgan fingerprint density at radius 3 is 2.55 bits per heavy atom. The van der Waals surface area contributed by atoms with Gasteiger partial charge in [0.15, 0.2) is 5.11 Å². The number of benzene rings is 2. The molecule has 0 heterocycles. The van der Waals surface area contributed by atoms with Gasteiger partial charge in [-0.15, -0.1) is 0 Å². The summed E-state index contributed by atoms with van der Waals surface area (Å²) in [6.07, 6.45) is 0. The Morgan fingerprint density at radius 1 is 1.15 bits per heavy atom. The summed E-state index contributed by atoms with van der Waals surface area (Å²) in [6, 6.07) is 13.2. The highest BCUT2D eigenvalue weighted by atomic mass is 35.5. The predicted molar refractivity (Wildman–Crippen MR) is 83.2 cm³/mol. The number of phenols is 1. The van der Waals surface area contributed by atoms with Gasteiger partial charge in [-0.05, 0) is 42.5 Å². The maximum Gasteiger partial charge on any atom is 0.257 e. The number of hydrogen-bond donors (Lipinski definition) is 3. The molecule has 3 N–H and O–H groups in total. The first-order chi connectivity index (χ1) is 9.56. The number of phenolic OH excluding ortho intramolecular Hbond substituents is 1. The Balaban J connectivity index is 2.03. The number of carbonyl (C=O) groups excluding carboxylic acids is 1. The lowest BCUT2D eigenvalue weighted by Gasteiger charge is -2.11. The molecule has 2 aromatic carbocycles. The van der Waals surface area contributed by atoms with Crippen molar-refractivity contribution >= 4 is 40.5 Å². The van der Waals surface area contributed by atoms with Crippen LogP contribution in [0.15, 0.2) is 48.5 Å². The molecule has 0 atom stereocenters. The maximum absolute atomic E-state index is 11.9. The number of anilines is 1. The van der Waals surface area contributed by atoms with Gasteiger partial charge < -0.3 is 10.4 Å². The van der Waals surface area contributed by atoms with E-state index in [0.29, 0.717) is 16.3 Å². The van der Waals surface area contributed by atoms with Crippen molar-refractivity contribution < 1.29 is 9.90 Å². The third-order valence-corrected chi connectivity index (χ3v) is 2.91. The molecule has 0 bridgehead atoms. The van der Waals surface area contributed by atoms with E-state index >= 15 is 0 Å². The molecule has 2 aromatic rings. The van der Waals surface area contributed by atoms with Crippen molar-refractivity contribution in [2.24, 2.45) is 0 Å². The van der Waals surface area contributed by atoms with E-state index in [1.807, 2.05) is 6.07 Å². The quantitative estimate of drug-likeness (QED) is 0.589. The summed E-state index contributed by atoms with van der Waals surface area (Å²) in [7, 11) is 0. The van der Waals surface area contributed by atoms with Crippen LogP contribution >= 0.6 is 23.8 Å². The fourth-order valence-corrected chi connectivity index (χ4v) is 1.90. The molecule has 0 spiro atoms. The summed E-state index contributed by atoms with van der Waals surface area (Å²) >= 11 is 10.8. The third kappa shape index (κ3) is 3.69. The van der Waals surface area contributed by atoms with Crippen LogP contribution in [0.4, 0.5) is 5.69 Å². The van der Waals surface area contributed by atoms with E-state index in [9.17, 15) is 9.90 Å². The molecule has 1 amide bonds. The number of amides is 1. The van der Waals surface area contributed by atoms with Crippen molar-refractivity contribution in [2.45, 2.75) is 0 Å². The van der Waals surface area contributed by atoms with E-state index in [1.54, 1.807) is 30.3 Å². The molecule has 0 radical (unpaired) electrons. The van der Waals surface area contributed by atoms with Crippen molar-refractivity contribution in [1.82, 2.24) is 5.32 Å². The summed E-state index contributed by atoms with van der Waals surface area (Å²) in [5.74, 6) is -0.338. The molecule has 20 heavy (non-hydrogen) atoms. The van der Waals surface area contributed by atoms with E-state index in [-0.39, 0.29) is 16.8 Å². The summed E-state index contributed by atoms with van der Waals surface area (Å²) < 4.78 is 0. The molecule has 0 aliphatic carbocycles. The molecule has 0 aromatic heterocycles. The minimum absolute atomic E-state index is 0.00860. The Bertz CT molecular complexity index is 647. The highest BCUT2D eigenvalue weighted by Crippen LogP contribution is 2.26. The summed E-state index contributed by atoms with van der Waals surface area (Å²) in [4.78, 5) is 11.9. The maximum atomic E-state index is 11.9. The van der Waals surface area contributed by atoms with Crippen LogP contribution in [0.5, 0.6) is 5.75 Å². The average Bonchev–Trinajstić information content (AvgIpc) is 2.43. The van der Waals surface area contributed by atoms with Gasteiger partial charge in [0.05, 0.1) is 5.69 Å². The second-order valence-corrected chi connectivity index (χ2v) is 4.78. The molecule has 0 saturated carbocycles. The van der Waals surface area contributed by atoms with Crippen LogP contribution in [-0.4, -0.2) is 16.1 Å². The molecule has 0 unspecified atom stereocenters. The van der Waals surface area contributed by atoms with E-state index in [0.717, 1.165) is 0 Å². The van der Waals surface area contributed by atoms with Crippen molar-refractivity contribution in [2.75, 3.05) is 5.32 Å². The number of halogens is 1. The molecule has 6 heteroatoms. The molecule has 0 aliphatic rings. The van der Waals surface area contributed by atoms with E-state index in [4.69, 9.17) is 23.8 Å². The van der Waals surface area contributed by atoms with E-state index in [1.165, 1.54) is 12.1 Å². The summed E-state index contributed by atoms with van der Waals surface area (Å²) in [6.45, 7) is 0. The zero-order valence-corrected chi connectivity index (χ0v) is 11.8. The van der Waals surface area contributed by atoms with Crippen LogP contribution in [0.2, 0.25) is 5.02 Å². The first kappa shape index (κ1) is 14.3. The lowest BCUT2D eigenvalue weighted by molar-refractivity contribution is 0.0977.